The first-order valence-electron chi connectivity index (χ1n) is 10.6. The zero-order valence-electron chi connectivity index (χ0n) is 17.2. The molecule has 2 N–H and O–H groups in total. The van der Waals surface area contributed by atoms with Crippen molar-refractivity contribution in [1.82, 2.24) is 0 Å². The number of hydrogen-bond donors (Lipinski definition) is 1. The Kier molecular flexibility index (Phi) is 24.9. The second-order valence-corrected chi connectivity index (χ2v) is 7.43. The van der Waals surface area contributed by atoms with Crippen molar-refractivity contribution >= 4 is 5.97 Å². The summed E-state index contributed by atoms with van der Waals surface area (Å²) in [6.45, 7) is 2.27. The molecule has 0 aromatic heterocycles. The molecule has 1 atom stereocenters. The molecule has 0 aliphatic rings. The Morgan fingerprint density at radius 3 is 1.36 bits per heavy atom. The van der Waals surface area contributed by atoms with Gasteiger partial charge >= 0.3 is 29.6 Å². The topological polar surface area (TPSA) is 66.2 Å². The molecule has 0 spiro atoms. The van der Waals surface area contributed by atoms with E-state index in [1.807, 2.05) is 0 Å². The maximum absolute atomic E-state index is 10.4. The molecule has 0 heterocycles. The summed E-state index contributed by atoms with van der Waals surface area (Å²) in [6.07, 6.45) is 22.5. The van der Waals surface area contributed by atoms with Gasteiger partial charge in [-0.05, 0) is 6.42 Å². The van der Waals surface area contributed by atoms with E-state index in [-0.39, 0.29) is 42.0 Å². The van der Waals surface area contributed by atoms with Crippen LogP contribution in [0.4, 0.5) is 0 Å². The molecule has 0 rings (SSSR count). The molecule has 0 saturated heterocycles. The Morgan fingerprint density at radius 1 is 0.720 bits per heavy atom. The average Bonchev–Trinajstić information content (AvgIpc) is 2.53. The smallest absolute Gasteiger partial charge is 0.550 e. The number of carboxylic acids is 1. The fraction of sp³-hybridized carbons (Fsp3) is 0.952. The summed E-state index contributed by atoms with van der Waals surface area (Å²) in [7, 11) is 0. The molecule has 1 unspecified atom stereocenters. The Morgan fingerprint density at radius 2 is 1.04 bits per heavy atom. The van der Waals surface area contributed by atoms with Crippen LogP contribution in [-0.4, -0.2) is 12.0 Å². The molecule has 0 amide bonds. The minimum Gasteiger partial charge on any atom is -0.550 e. The molecule has 0 bridgehead atoms. The van der Waals surface area contributed by atoms with Crippen LogP contribution in [0.1, 0.15) is 122 Å². The fourth-order valence-electron chi connectivity index (χ4n) is 3.27. The molecule has 25 heavy (non-hydrogen) atoms. The Labute approximate surface area is 179 Å². The molecular formula is C21H42NNaO2. The molecule has 0 aromatic carbocycles. The van der Waals surface area contributed by atoms with Gasteiger partial charge in [-0.2, -0.15) is 0 Å². The minimum absolute atomic E-state index is 0. The molecule has 0 saturated carbocycles. The summed E-state index contributed by atoms with van der Waals surface area (Å²) in [5.74, 6) is -1.03. The van der Waals surface area contributed by atoms with Crippen LogP contribution in [0.2, 0.25) is 0 Å². The van der Waals surface area contributed by atoms with Gasteiger partial charge in [0.15, 0.2) is 0 Å². The summed E-state index contributed by atoms with van der Waals surface area (Å²) < 4.78 is 0. The van der Waals surface area contributed by atoms with Gasteiger partial charge in [-0.1, -0.05) is 110 Å². The predicted molar refractivity (Wildman–Crippen MR) is 102 cm³/mol. The second-order valence-electron chi connectivity index (χ2n) is 7.43. The first-order chi connectivity index (χ1) is 11.7. The minimum atomic E-state index is -1.03. The van der Waals surface area contributed by atoms with E-state index in [4.69, 9.17) is 5.73 Å². The molecule has 0 fully saturated rings. The number of carbonyl (C=O) groups excluding carboxylic acids is 1. The van der Waals surface area contributed by atoms with Gasteiger partial charge in [0.1, 0.15) is 0 Å². The predicted octanol–water partition coefficient (Wildman–Crippen LogP) is 2.11. The van der Waals surface area contributed by atoms with E-state index in [2.05, 4.69) is 6.92 Å². The molecular weight excluding hydrogens is 321 g/mol. The Balaban J connectivity index is 0. The zero-order valence-corrected chi connectivity index (χ0v) is 19.2. The average molecular weight is 364 g/mol. The van der Waals surface area contributed by atoms with Gasteiger partial charge in [-0.15, -0.1) is 0 Å². The summed E-state index contributed by atoms with van der Waals surface area (Å²) >= 11 is 0. The van der Waals surface area contributed by atoms with Crippen molar-refractivity contribution in [2.45, 2.75) is 129 Å². The van der Waals surface area contributed by atoms with Gasteiger partial charge in [0.2, 0.25) is 0 Å². The van der Waals surface area contributed by atoms with Crippen molar-refractivity contribution in [3.63, 3.8) is 0 Å². The van der Waals surface area contributed by atoms with Crippen molar-refractivity contribution in [2.75, 3.05) is 0 Å². The molecule has 0 aliphatic carbocycles. The Bertz CT molecular complexity index is 275. The number of rotatable bonds is 19. The third-order valence-corrected chi connectivity index (χ3v) is 4.86. The van der Waals surface area contributed by atoms with Crippen LogP contribution in [0.15, 0.2) is 0 Å². The quantitative estimate of drug-likeness (QED) is 0.282. The number of nitrogens with two attached hydrogens (primary N) is 1. The van der Waals surface area contributed by atoms with Gasteiger partial charge in [0.05, 0.1) is 0 Å². The zero-order chi connectivity index (χ0) is 17.9. The Hall–Kier alpha value is 0.430. The monoisotopic (exact) mass is 363 g/mol. The van der Waals surface area contributed by atoms with Crippen LogP contribution in [0.5, 0.6) is 0 Å². The van der Waals surface area contributed by atoms with E-state index >= 15 is 0 Å². The van der Waals surface area contributed by atoms with Crippen molar-refractivity contribution in [3.8, 4) is 0 Å². The van der Waals surface area contributed by atoms with Crippen LogP contribution in [0.25, 0.3) is 0 Å². The van der Waals surface area contributed by atoms with E-state index in [1.165, 1.54) is 96.3 Å². The molecule has 0 radical (unpaired) electrons. The first-order valence-corrected chi connectivity index (χ1v) is 10.6. The van der Waals surface area contributed by atoms with Crippen LogP contribution in [-0.2, 0) is 4.79 Å². The van der Waals surface area contributed by atoms with Crippen LogP contribution in [0, 0.1) is 0 Å². The van der Waals surface area contributed by atoms with Crippen molar-refractivity contribution in [2.24, 2.45) is 5.73 Å². The maximum Gasteiger partial charge on any atom is 1.00 e. The van der Waals surface area contributed by atoms with E-state index in [0.29, 0.717) is 0 Å². The number of unbranched alkanes of at least 4 members (excludes halogenated alkanes) is 15. The maximum atomic E-state index is 10.4. The molecule has 0 aliphatic heterocycles. The first kappa shape index (κ1) is 27.6. The van der Waals surface area contributed by atoms with Crippen molar-refractivity contribution in [1.29, 1.82) is 0 Å². The summed E-state index contributed by atoms with van der Waals surface area (Å²) in [6, 6.07) is -0.221. The van der Waals surface area contributed by atoms with Crippen LogP contribution >= 0.6 is 0 Å². The molecule has 144 valence electrons. The normalized spacial score (nSPS) is 11.9. The standard InChI is InChI=1S/C21H43NO2.Na/c1-2-3-4-5-6-7-8-9-10-11-12-13-14-15-16-17-18-20(22)19-21(23)24;/h20H,2-19,22H2,1H3,(H,23,24);/q;+1/p-1. The summed E-state index contributed by atoms with van der Waals surface area (Å²) in [5.41, 5.74) is 5.71. The number of carboxylic acid groups (broad SMARTS) is 1. The molecule has 4 heteroatoms. The molecule has 0 aromatic rings. The fourth-order valence-corrected chi connectivity index (χ4v) is 3.27. The number of hydrogen-bond acceptors (Lipinski definition) is 3. The third kappa shape index (κ3) is 24.4. The molecule has 3 nitrogen and oxygen atoms in total. The van der Waals surface area contributed by atoms with E-state index in [0.717, 1.165) is 12.8 Å². The van der Waals surface area contributed by atoms with Gasteiger partial charge in [-0.25, -0.2) is 0 Å². The van der Waals surface area contributed by atoms with Gasteiger partial charge in [0, 0.05) is 18.4 Å². The van der Waals surface area contributed by atoms with E-state index in [9.17, 15) is 9.90 Å². The number of aliphatic carboxylic acids is 1. The van der Waals surface area contributed by atoms with E-state index < -0.39 is 5.97 Å². The van der Waals surface area contributed by atoms with Crippen LogP contribution < -0.4 is 40.4 Å². The van der Waals surface area contributed by atoms with Crippen molar-refractivity contribution in [3.05, 3.63) is 0 Å². The van der Waals surface area contributed by atoms with Gasteiger partial charge in [-0.3, -0.25) is 0 Å². The summed E-state index contributed by atoms with van der Waals surface area (Å²) in [5, 5.41) is 10.4. The van der Waals surface area contributed by atoms with E-state index in [1.54, 1.807) is 0 Å². The number of carbonyl (C=O) groups is 1. The van der Waals surface area contributed by atoms with Gasteiger partial charge in [0.25, 0.3) is 0 Å². The largest absolute Gasteiger partial charge is 1.00 e. The summed E-state index contributed by atoms with van der Waals surface area (Å²) in [4.78, 5) is 10.4. The SMILES string of the molecule is CCCCCCCCCCCCCCCCCCC(N)CC(=O)[O-].[Na+]. The van der Waals surface area contributed by atoms with Crippen molar-refractivity contribution < 1.29 is 39.5 Å². The van der Waals surface area contributed by atoms with Gasteiger partial charge < -0.3 is 15.6 Å². The third-order valence-electron chi connectivity index (χ3n) is 4.86. The van der Waals surface area contributed by atoms with Crippen LogP contribution in [0.3, 0.4) is 0 Å². The second kappa shape index (κ2) is 22.5.